The highest BCUT2D eigenvalue weighted by molar-refractivity contribution is 5.92. The molecule has 2 unspecified atom stereocenters. The van der Waals surface area contributed by atoms with Crippen LogP contribution in [0.4, 0.5) is 0 Å². The van der Waals surface area contributed by atoms with Crippen molar-refractivity contribution in [2.75, 3.05) is 13.1 Å². The summed E-state index contributed by atoms with van der Waals surface area (Å²) in [6.07, 6.45) is 4.16. The zero-order chi connectivity index (χ0) is 18.7. The molecule has 5 nitrogen and oxygen atoms in total. The van der Waals surface area contributed by atoms with E-state index in [1.54, 1.807) is 6.07 Å². The predicted octanol–water partition coefficient (Wildman–Crippen LogP) is 3.60. The van der Waals surface area contributed by atoms with Crippen LogP contribution < -0.4 is 10.6 Å². The lowest BCUT2D eigenvalue weighted by molar-refractivity contribution is 0.0933. The topological polar surface area (TPSA) is 59.0 Å². The van der Waals surface area contributed by atoms with Crippen molar-refractivity contribution in [2.24, 2.45) is 0 Å². The summed E-state index contributed by atoms with van der Waals surface area (Å²) in [5.74, 6) is -0.125. The number of hydrogen-bond donors (Lipinski definition) is 2. The molecule has 0 aliphatic carbocycles. The Morgan fingerprint density at radius 1 is 1.27 bits per heavy atom. The van der Waals surface area contributed by atoms with Crippen LogP contribution in [0.25, 0.3) is 0 Å². The number of nitrogens with zero attached hydrogens (tertiary/aromatic N) is 2. The summed E-state index contributed by atoms with van der Waals surface area (Å²) in [6, 6.07) is 10.6. The Hall–Kier alpha value is -2.14. The van der Waals surface area contributed by atoms with Crippen molar-refractivity contribution in [3.8, 4) is 0 Å². The Kier molecular flexibility index (Phi) is 5.47. The van der Waals surface area contributed by atoms with E-state index in [4.69, 9.17) is 0 Å². The first-order chi connectivity index (χ1) is 12.3. The number of benzene rings is 1. The molecule has 5 heteroatoms. The third-order valence-electron chi connectivity index (χ3n) is 5.11. The third-order valence-corrected chi connectivity index (χ3v) is 5.11. The zero-order valence-corrected chi connectivity index (χ0v) is 16.2. The second kappa shape index (κ2) is 7.62. The molecule has 140 valence electrons. The van der Waals surface area contributed by atoms with Gasteiger partial charge in [0.1, 0.15) is 5.69 Å². The lowest BCUT2D eigenvalue weighted by Crippen LogP contribution is -2.32. The van der Waals surface area contributed by atoms with E-state index < -0.39 is 0 Å². The molecule has 1 amide bonds. The van der Waals surface area contributed by atoms with Gasteiger partial charge in [-0.1, -0.05) is 45.0 Å². The van der Waals surface area contributed by atoms with Crippen molar-refractivity contribution in [1.29, 1.82) is 0 Å². The first kappa shape index (κ1) is 18.6. The average Bonchev–Trinajstić information content (AvgIpc) is 3.12. The van der Waals surface area contributed by atoms with E-state index in [2.05, 4.69) is 60.8 Å². The van der Waals surface area contributed by atoms with E-state index in [-0.39, 0.29) is 17.4 Å². The lowest BCUT2D eigenvalue weighted by atomic mass is 9.86. The van der Waals surface area contributed by atoms with Crippen molar-refractivity contribution < 1.29 is 4.79 Å². The highest BCUT2D eigenvalue weighted by atomic mass is 16.2. The number of hydrogen-bond acceptors (Lipinski definition) is 3. The van der Waals surface area contributed by atoms with Gasteiger partial charge in [0.05, 0.1) is 12.1 Å². The van der Waals surface area contributed by atoms with Gasteiger partial charge in [-0.3, -0.25) is 9.48 Å². The highest BCUT2D eigenvalue weighted by Crippen LogP contribution is 2.24. The van der Waals surface area contributed by atoms with Crippen LogP contribution in [0.1, 0.15) is 74.2 Å². The minimum absolute atomic E-state index is 0.0574. The normalized spacial score (nSPS) is 19.2. The maximum atomic E-state index is 12.5. The van der Waals surface area contributed by atoms with Gasteiger partial charge >= 0.3 is 0 Å². The molecule has 1 aliphatic rings. The fraction of sp³-hybridized carbons (Fsp3) is 0.524. The fourth-order valence-corrected chi connectivity index (χ4v) is 3.35. The van der Waals surface area contributed by atoms with Crippen molar-refractivity contribution in [2.45, 2.75) is 58.0 Å². The summed E-state index contributed by atoms with van der Waals surface area (Å²) >= 11 is 0. The van der Waals surface area contributed by atoms with Crippen molar-refractivity contribution in [3.63, 3.8) is 0 Å². The monoisotopic (exact) mass is 354 g/mol. The van der Waals surface area contributed by atoms with Gasteiger partial charge in [0.15, 0.2) is 0 Å². The second-order valence-corrected chi connectivity index (χ2v) is 8.25. The predicted molar refractivity (Wildman–Crippen MR) is 104 cm³/mol. The standard InChI is InChI=1S/C21H30N4O/c1-15(16-7-9-17(10-8-16)21(2,3)4)23-20(26)19-11-13-25(24-19)18-6-5-12-22-14-18/h7-11,13,15,18,22H,5-6,12,14H2,1-4H3,(H,23,26). The Labute approximate surface area is 156 Å². The molecule has 2 N–H and O–H groups in total. The van der Waals surface area contributed by atoms with E-state index >= 15 is 0 Å². The number of carbonyl (C=O) groups is 1. The Balaban J connectivity index is 1.63. The van der Waals surface area contributed by atoms with Gasteiger partial charge in [0.25, 0.3) is 5.91 Å². The molecule has 3 rings (SSSR count). The van der Waals surface area contributed by atoms with Gasteiger partial charge < -0.3 is 10.6 Å². The minimum Gasteiger partial charge on any atom is -0.344 e. The molecular formula is C21H30N4O. The molecule has 1 fully saturated rings. The quantitative estimate of drug-likeness (QED) is 0.882. The maximum absolute atomic E-state index is 12.5. The van der Waals surface area contributed by atoms with Gasteiger partial charge in [0, 0.05) is 12.7 Å². The fourth-order valence-electron chi connectivity index (χ4n) is 3.35. The Morgan fingerprint density at radius 3 is 2.62 bits per heavy atom. The Morgan fingerprint density at radius 2 is 2.00 bits per heavy atom. The van der Waals surface area contributed by atoms with E-state index in [9.17, 15) is 4.79 Å². The number of piperidine rings is 1. The largest absolute Gasteiger partial charge is 0.344 e. The summed E-state index contributed by atoms with van der Waals surface area (Å²) in [5, 5.41) is 10.9. The second-order valence-electron chi connectivity index (χ2n) is 8.25. The van der Waals surface area contributed by atoms with Crippen LogP contribution in [0, 0.1) is 0 Å². The van der Waals surface area contributed by atoms with Crippen molar-refractivity contribution in [3.05, 3.63) is 53.3 Å². The van der Waals surface area contributed by atoms with Crippen LogP contribution in [0.2, 0.25) is 0 Å². The summed E-state index contributed by atoms with van der Waals surface area (Å²) in [4.78, 5) is 12.5. The zero-order valence-electron chi connectivity index (χ0n) is 16.2. The van der Waals surface area contributed by atoms with Gasteiger partial charge in [-0.15, -0.1) is 0 Å². The van der Waals surface area contributed by atoms with E-state index in [0.29, 0.717) is 11.7 Å². The Bertz CT molecular complexity index is 736. The smallest absolute Gasteiger partial charge is 0.272 e. The third kappa shape index (κ3) is 4.33. The van der Waals surface area contributed by atoms with Gasteiger partial charge in [-0.25, -0.2) is 0 Å². The van der Waals surface area contributed by atoms with Crippen LogP contribution in [-0.2, 0) is 5.41 Å². The van der Waals surface area contributed by atoms with Crippen LogP contribution in [0.15, 0.2) is 36.5 Å². The first-order valence-corrected chi connectivity index (χ1v) is 9.52. The average molecular weight is 354 g/mol. The molecule has 1 saturated heterocycles. The van der Waals surface area contributed by atoms with Crippen molar-refractivity contribution >= 4 is 5.91 Å². The van der Waals surface area contributed by atoms with Crippen LogP contribution >= 0.6 is 0 Å². The molecule has 0 spiro atoms. The highest BCUT2D eigenvalue weighted by Gasteiger charge is 2.19. The van der Waals surface area contributed by atoms with Gasteiger partial charge in [-0.05, 0) is 48.9 Å². The number of nitrogens with one attached hydrogen (secondary N) is 2. The summed E-state index contributed by atoms with van der Waals surface area (Å²) in [7, 11) is 0. The van der Waals surface area contributed by atoms with Gasteiger partial charge in [-0.2, -0.15) is 5.10 Å². The van der Waals surface area contributed by atoms with Crippen LogP contribution in [-0.4, -0.2) is 28.8 Å². The summed E-state index contributed by atoms with van der Waals surface area (Å²) < 4.78 is 1.92. The molecule has 2 aromatic rings. The van der Waals surface area contributed by atoms with E-state index in [0.717, 1.165) is 31.5 Å². The first-order valence-electron chi connectivity index (χ1n) is 9.52. The lowest BCUT2D eigenvalue weighted by Gasteiger charge is -2.23. The van der Waals surface area contributed by atoms with E-state index in [1.165, 1.54) is 5.56 Å². The molecule has 1 aromatic heterocycles. The summed E-state index contributed by atoms with van der Waals surface area (Å²) in [6.45, 7) is 10.6. The number of carbonyl (C=O) groups excluding carboxylic acids is 1. The van der Waals surface area contributed by atoms with Crippen LogP contribution in [0.5, 0.6) is 0 Å². The molecule has 0 saturated carbocycles. The molecule has 0 radical (unpaired) electrons. The maximum Gasteiger partial charge on any atom is 0.272 e. The van der Waals surface area contributed by atoms with Crippen molar-refractivity contribution in [1.82, 2.24) is 20.4 Å². The molecule has 0 bridgehead atoms. The summed E-state index contributed by atoms with van der Waals surface area (Å²) in [5.41, 5.74) is 3.00. The number of rotatable bonds is 4. The molecule has 26 heavy (non-hydrogen) atoms. The molecular weight excluding hydrogens is 324 g/mol. The minimum atomic E-state index is -0.125. The molecule has 2 heterocycles. The molecule has 1 aromatic carbocycles. The number of amides is 1. The SMILES string of the molecule is CC(NC(=O)c1ccn(C2CCCNC2)n1)c1ccc(C(C)(C)C)cc1. The molecule has 2 atom stereocenters. The number of aromatic nitrogens is 2. The van der Waals surface area contributed by atoms with Gasteiger partial charge in [0.2, 0.25) is 0 Å². The van der Waals surface area contributed by atoms with E-state index in [1.807, 2.05) is 17.8 Å². The molecule has 1 aliphatic heterocycles. The van der Waals surface area contributed by atoms with Crippen LogP contribution in [0.3, 0.4) is 0 Å².